The highest BCUT2D eigenvalue weighted by molar-refractivity contribution is 7.89. The highest BCUT2D eigenvalue weighted by Crippen LogP contribution is 2.34. The number of rotatable bonds is 12. The van der Waals surface area contributed by atoms with Crippen molar-refractivity contribution in [1.29, 1.82) is 0 Å². The Balaban J connectivity index is 2.50. The molecule has 2 rings (SSSR count). The third-order valence-corrected chi connectivity index (χ3v) is 7.46. The van der Waals surface area contributed by atoms with Crippen LogP contribution in [-0.2, 0) is 27.7 Å². The zero-order valence-electron chi connectivity index (χ0n) is 19.3. The molecule has 0 saturated heterocycles. The Kier molecular flexibility index (Phi) is 9.01. The number of para-hydroxylation sites is 1. The number of aldehydes is 1. The normalized spacial score (nSPS) is 15.0. The molecule has 0 aliphatic carbocycles. The van der Waals surface area contributed by atoms with Crippen molar-refractivity contribution < 1.29 is 18.3 Å². The first-order valence-electron chi connectivity index (χ1n) is 11.0. The number of nitrogens with one attached hydrogen (secondary N) is 1. The lowest BCUT2D eigenvalue weighted by atomic mass is 9.78. The van der Waals surface area contributed by atoms with Crippen LogP contribution >= 0.6 is 0 Å². The molecule has 2 aromatic rings. The van der Waals surface area contributed by atoms with E-state index in [1.807, 2.05) is 37.3 Å². The maximum absolute atomic E-state index is 13.5. The minimum absolute atomic E-state index is 0.184. The minimum atomic E-state index is -4.15. The third-order valence-electron chi connectivity index (χ3n) is 5.89. The molecule has 2 aromatic carbocycles. The van der Waals surface area contributed by atoms with E-state index < -0.39 is 21.5 Å². The van der Waals surface area contributed by atoms with Gasteiger partial charge in [0, 0.05) is 5.92 Å². The molecule has 0 bridgehead atoms. The number of aryl methyl sites for hydroxylation is 1. The summed E-state index contributed by atoms with van der Waals surface area (Å²) < 4.78 is 29.8. The largest absolute Gasteiger partial charge is 0.506 e. The van der Waals surface area contributed by atoms with Crippen molar-refractivity contribution in [2.45, 2.75) is 63.8 Å². The standard InChI is InChI=1S/C25H35N2O4S/c1-5-25(24(26)19(4)17-28,16-20-10-7-6-8-11-20)27-32(30,31)22-13-9-12-21(23(22)29)15-14-18(2)3/h6-13,17-19,27,29H,5,14-16,26H2,1-4H3. The summed E-state index contributed by atoms with van der Waals surface area (Å²) in [5.41, 5.74) is 6.67. The van der Waals surface area contributed by atoms with Gasteiger partial charge in [-0.25, -0.2) is 13.1 Å². The maximum atomic E-state index is 13.5. The summed E-state index contributed by atoms with van der Waals surface area (Å²) in [6.45, 7) is 7.63. The number of benzene rings is 2. The highest BCUT2D eigenvalue weighted by Gasteiger charge is 2.43. The van der Waals surface area contributed by atoms with Crippen molar-refractivity contribution in [2.24, 2.45) is 17.6 Å². The van der Waals surface area contributed by atoms with Crippen LogP contribution in [0.2, 0.25) is 0 Å². The fraction of sp³-hybridized carbons (Fsp3) is 0.440. The molecule has 7 heteroatoms. The zero-order chi connectivity index (χ0) is 23.9. The summed E-state index contributed by atoms with van der Waals surface area (Å²) in [6.07, 6.45) is 2.73. The SMILES string of the molecule is CCC(Cc1ccccc1)(NS(=O)(=O)c1cccc(CCC(C)C)c1O)[C](N)C(C)C=O. The Morgan fingerprint density at radius 2 is 1.78 bits per heavy atom. The van der Waals surface area contributed by atoms with Gasteiger partial charge in [-0.3, -0.25) is 0 Å². The summed E-state index contributed by atoms with van der Waals surface area (Å²) in [7, 11) is -4.15. The first kappa shape index (κ1) is 26.0. The molecule has 0 amide bonds. The van der Waals surface area contributed by atoms with Gasteiger partial charge in [-0.05, 0) is 48.8 Å². The van der Waals surface area contributed by atoms with E-state index >= 15 is 0 Å². The molecular weight excluding hydrogens is 424 g/mol. The van der Waals surface area contributed by atoms with Crippen LogP contribution in [0.25, 0.3) is 0 Å². The van der Waals surface area contributed by atoms with Gasteiger partial charge in [0.05, 0.1) is 11.6 Å². The molecule has 0 fully saturated rings. The molecule has 32 heavy (non-hydrogen) atoms. The predicted molar refractivity (Wildman–Crippen MR) is 127 cm³/mol. The number of carbonyl (C=O) groups excluding carboxylic acids is 1. The molecule has 0 aliphatic rings. The van der Waals surface area contributed by atoms with E-state index in [0.29, 0.717) is 30.6 Å². The van der Waals surface area contributed by atoms with E-state index in [4.69, 9.17) is 5.73 Å². The number of carbonyl (C=O) groups is 1. The molecular formula is C25H35N2O4S. The van der Waals surface area contributed by atoms with Gasteiger partial charge >= 0.3 is 0 Å². The summed E-state index contributed by atoms with van der Waals surface area (Å²) in [6, 6.07) is 14.4. The van der Waals surface area contributed by atoms with E-state index in [0.717, 1.165) is 12.0 Å². The van der Waals surface area contributed by atoms with Crippen molar-refractivity contribution in [2.75, 3.05) is 0 Å². The van der Waals surface area contributed by atoms with Crippen LogP contribution in [0.5, 0.6) is 5.75 Å². The fourth-order valence-corrected chi connectivity index (χ4v) is 5.40. The average Bonchev–Trinajstić information content (AvgIpc) is 2.77. The van der Waals surface area contributed by atoms with Crippen molar-refractivity contribution in [3.63, 3.8) is 0 Å². The van der Waals surface area contributed by atoms with Crippen molar-refractivity contribution in [3.8, 4) is 5.75 Å². The van der Waals surface area contributed by atoms with Crippen LogP contribution in [0.1, 0.15) is 51.7 Å². The van der Waals surface area contributed by atoms with E-state index in [1.54, 1.807) is 19.1 Å². The van der Waals surface area contributed by atoms with E-state index in [1.165, 1.54) is 6.07 Å². The second kappa shape index (κ2) is 11.1. The quantitative estimate of drug-likeness (QED) is 0.416. The number of nitrogens with two attached hydrogens (primary N) is 1. The van der Waals surface area contributed by atoms with Gasteiger partial charge in [0.15, 0.2) is 0 Å². The van der Waals surface area contributed by atoms with E-state index in [2.05, 4.69) is 18.6 Å². The second-order valence-corrected chi connectivity index (χ2v) is 10.4. The summed E-state index contributed by atoms with van der Waals surface area (Å²) in [4.78, 5) is 11.3. The number of phenolic OH excluding ortho intramolecular Hbond substituents is 1. The fourth-order valence-electron chi connectivity index (χ4n) is 3.79. The lowest BCUT2D eigenvalue weighted by Crippen LogP contribution is -2.58. The lowest BCUT2D eigenvalue weighted by Gasteiger charge is -2.40. The summed E-state index contributed by atoms with van der Waals surface area (Å²) in [5.74, 6) is -0.467. The predicted octanol–water partition coefficient (Wildman–Crippen LogP) is 3.98. The summed E-state index contributed by atoms with van der Waals surface area (Å²) in [5, 5.41) is 10.8. The number of sulfonamides is 1. The van der Waals surface area contributed by atoms with Gasteiger partial charge in [0.25, 0.3) is 0 Å². The molecule has 2 atom stereocenters. The molecule has 0 aromatic heterocycles. The van der Waals surface area contributed by atoms with Crippen LogP contribution in [0.3, 0.4) is 0 Å². The molecule has 6 nitrogen and oxygen atoms in total. The van der Waals surface area contributed by atoms with Crippen molar-refractivity contribution in [3.05, 3.63) is 65.7 Å². The van der Waals surface area contributed by atoms with E-state index in [-0.39, 0.29) is 23.1 Å². The van der Waals surface area contributed by atoms with Gasteiger partial charge < -0.3 is 15.6 Å². The van der Waals surface area contributed by atoms with Gasteiger partial charge in [-0.2, -0.15) is 0 Å². The first-order valence-corrected chi connectivity index (χ1v) is 12.5. The van der Waals surface area contributed by atoms with Gasteiger partial charge in [0.2, 0.25) is 10.0 Å². The molecule has 0 saturated carbocycles. The molecule has 1 radical (unpaired) electrons. The van der Waals surface area contributed by atoms with Crippen LogP contribution in [0.4, 0.5) is 0 Å². The van der Waals surface area contributed by atoms with Gasteiger partial charge in [-0.15, -0.1) is 0 Å². The maximum Gasteiger partial charge on any atom is 0.244 e. The Morgan fingerprint density at radius 1 is 1.12 bits per heavy atom. The minimum Gasteiger partial charge on any atom is -0.506 e. The second-order valence-electron chi connectivity index (χ2n) is 8.78. The first-order chi connectivity index (χ1) is 15.1. The molecule has 2 unspecified atom stereocenters. The smallest absolute Gasteiger partial charge is 0.244 e. The molecule has 0 spiro atoms. The van der Waals surface area contributed by atoms with Gasteiger partial charge in [0.1, 0.15) is 16.9 Å². The number of hydrogen-bond acceptors (Lipinski definition) is 5. The monoisotopic (exact) mass is 459 g/mol. The zero-order valence-corrected chi connectivity index (χ0v) is 20.2. The number of aromatic hydroxyl groups is 1. The Hall–Kier alpha value is -2.22. The summed E-state index contributed by atoms with van der Waals surface area (Å²) >= 11 is 0. The van der Waals surface area contributed by atoms with Crippen molar-refractivity contribution >= 4 is 16.3 Å². The molecule has 0 heterocycles. The van der Waals surface area contributed by atoms with Crippen molar-refractivity contribution in [1.82, 2.24) is 4.72 Å². The Labute approximate surface area is 192 Å². The van der Waals surface area contributed by atoms with E-state index in [9.17, 15) is 18.3 Å². The van der Waals surface area contributed by atoms with Crippen LogP contribution in [0, 0.1) is 17.9 Å². The number of hydrogen-bond donors (Lipinski definition) is 3. The molecule has 0 aliphatic heterocycles. The van der Waals surface area contributed by atoms with Crippen LogP contribution in [0.15, 0.2) is 53.4 Å². The molecule has 4 N–H and O–H groups in total. The Bertz CT molecular complexity index is 992. The Morgan fingerprint density at radius 3 is 2.34 bits per heavy atom. The third kappa shape index (κ3) is 6.18. The lowest BCUT2D eigenvalue weighted by molar-refractivity contribution is -0.110. The average molecular weight is 460 g/mol. The van der Waals surface area contributed by atoms with Crippen LogP contribution in [-0.4, -0.2) is 25.3 Å². The van der Waals surface area contributed by atoms with Crippen LogP contribution < -0.4 is 10.5 Å². The topological polar surface area (TPSA) is 109 Å². The number of phenols is 1. The van der Waals surface area contributed by atoms with Gasteiger partial charge in [-0.1, -0.05) is 70.2 Å². The highest BCUT2D eigenvalue weighted by atomic mass is 32.2. The molecule has 175 valence electrons.